The first-order valence-corrected chi connectivity index (χ1v) is 7.18. The zero-order valence-corrected chi connectivity index (χ0v) is 10.7. The number of amidine groups is 1. The van der Waals surface area contributed by atoms with Crippen LogP contribution in [0, 0.1) is 0 Å². The van der Waals surface area contributed by atoms with Crippen molar-refractivity contribution in [2.45, 2.75) is 17.4 Å². The van der Waals surface area contributed by atoms with E-state index in [0.29, 0.717) is 0 Å². The summed E-state index contributed by atoms with van der Waals surface area (Å²) in [5, 5.41) is 3.32. The minimum absolute atomic E-state index is 0.0216. The molecule has 0 aliphatic carbocycles. The van der Waals surface area contributed by atoms with Gasteiger partial charge in [-0.3, -0.25) is 4.99 Å². The number of benzene rings is 1. The number of rotatable bonds is 2. The molecule has 1 aromatic rings. The van der Waals surface area contributed by atoms with Crippen molar-refractivity contribution >= 4 is 17.6 Å². The highest BCUT2D eigenvalue weighted by Gasteiger charge is 2.28. The van der Waals surface area contributed by atoms with Gasteiger partial charge in [0.1, 0.15) is 11.9 Å². The van der Waals surface area contributed by atoms with Crippen molar-refractivity contribution in [3.8, 4) is 0 Å². The van der Waals surface area contributed by atoms with Gasteiger partial charge in [-0.1, -0.05) is 12.1 Å². The standard InChI is InChI=1S/C13H16N2OS/c1-17-11-4-2-3-10-9(11)5-8-16-12(10)13-14-6-7-15-13/h2-4,12H,5-8H2,1H3,(H,14,15). The minimum Gasteiger partial charge on any atom is -0.369 e. The SMILES string of the molecule is CSc1cccc2c1CCOC2C1=NCCN1. The lowest BCUT2D eigenvalue weighted by Gasteiger charge is -2.27. The topological polar surface area (TPSA) is 33.6 Å². The second kappa shape index (κ2) is 4.70. The summed E-state index contributed by atoms with van der Waals surface area (Å²) in [5.74, 6) is 1.00. The Kier molecular flexibility index (Phi) is 3.07. The van der Waals surface area contributed by atoms with Crippen LogP contribution >= 0.6 is 11.8 Å². The second-order valence-electron chi connectivity index (χ2n) is 4.22. The first-order chi connectivity index (χ1) is 8.40. The van der Waals surface area contributed by atoms with Crippen molar-refractivity contribution in [3.05, 3.63) is 29.3 Å². The van der Waals surface area contributed by atoms with Crippen LogP contribution in [0.25, 0.3) is 0 Å². The molecule has 0 saturated heterocycles. The van der Waals surface area contributed by atoms with Crippen molar-refractivity contribution in [1.29, 1.82) is 0 Å². The van der Waals surface area contributed by atoms with Crippen molar-refractivity contribution in [2.24, 2.45) is 4.99 Å². The summed E-state index contributed by atoms with van der Waals surface area (Å²) in [6.07, 6.45) is 3.16. The Morgan fingerprint density at radius 3 is 3.18 bits per heavy atom. The summed E-state index contributed by atoms with van der Waals surface area (Å²) in [7, 11) is 0. The average Bonchev–Trinajstić information content (AvgIpc) is 2.91. The Balaban J connectivity index is 2.01. The van der Waals surface area contributed by atoms with Crippen LogP contribution in [0.5, 0.6) is 0 Å². The summed E-state index contributed by atoms with van der Waals surface area (Å²) in [6.45, 7) is 2.59. The van der Waals surface area contributed by atoms with Gasteiger partial charge in [0.25, 0.3) is 0 Å². The van der Waals surface area contributed by atoms with Gasteiger partial charge in [-0.15, -0.1) is 11.8 Å². The Bertz CT molecular complexity index is 459. The van der Waals surface area contributed by atoms with Crippen molar-refractivity contribution in [2.75, 3.05) is 26.0 Å². The molecule has 90 valence electrons. The third kappa shape index (κ3) is 1.96. The van der Waals surface area contributed by atoms with Gasteiger partial charge in [0, 0.05) is 11.4 Å². The zero-order chi connectivity index (χ0) is 11.7. The van der Waals surface area contributed by atoms with Crippen LogP contribution in [-0.2, 0) is 11.2 Å². The molecule has 0 aromatic heterocycles. The van der Waals surface area contributed by atoms with Gasteiger partial charge in [-0.05, 0) is 29.9 Å². The van der Waals surface area contributed by atoms with E-state index in [1.165, 1.54) is 16.0 Å². The van der Waals surface area contributed by atoms with Gasteiger partial charge < -0.3 is 10.1 Å². The molecular formula is C13H16N2OS. The Hall–Kier alpha value is -1.00. The highest BCUT2D eigenvalue weighted by molar-refractivity contribution is 7.98. The lowest BCUT2D eigenvalue weighted by Crippen LogP contribution is -2.31. The maximum Gasteiger partial charge on any atom is 0.140 e. The molecule has 1 N–H and O–H groups in total. The zero-order valence-electron chi connectivity index (χ0n) is 9.90. The fourth-order valence-electron chi connectivity index (χ4n) is 2.47. The van der Waals surface area contributed by atoms with E-state index in [1.807, 2.05) is 11.8 Å². The molecule has 1 aromatic carbocycles. The van der Waals surface area contributed by atoms with E-state index < -0.39 is 0 Å². The van der Waals surface area contributed by atoms with Gasteiger partial charge in [-0.2, -0.15) is 0 Å². The second-order valence-corrected chi connectivity index (χ2v) is 5.07. The van der Waals surface area contributed by atoms with Crippen LogP contribution in [0.15, 0.2) is 28.1 Å². The molecule has 2 aliphatic rings. The molecule has 0 saturated carbocycles. The molecule has 0 bridgehead atoms. The fourth-order valence-corrected chi connectivity index (χ4v) is 3.15. The number of fused-ring (bicyclic) bond motifs is 1. The highest BCUT2D eigenvalue weighted by atomic mass is 32.2. The normalized spacial score (nSPS) is 22.9. The van der Waals surface area contributed by atoms with E-state index in [1.54, 1.807) is 0 Å². The maximum absolute atomic E-state index is 5.89. The van der Waals surface area contributed by atoms with Crippen LogP contribution in [-0.4, -0.2) is 31.8 Å². The Labute approximate surface area is 106 Å². The Morgan fingerprint density at radius 2 is 2.41 bits per heavy atom. The molecule has 4 heteroatoms. The van der Waals surface area contributed by atoms with Crippen LogP contribution < -0.4 is 5.32 Å². The monoisotopic (exact) mass is 248 g/mol. The van der Waals surface area contributed by atoms with Crippen LogP contribution in [0.3, 0.4) is 0 Å². The lowest BCUT2D eigenvalue weighted by molar-refractivity contribution is 0.0852. The number of nitrogens with zero attached hydrogens (tertiary/aromatic N) is 1. The highest BCUT2D eigenvalue weighted by Crippen LogP contribution is 2.33. The van der Waals surface area contributed by atoms with Crippen molar-refractivity contribution in [3.63, 3.8) is 0 Å². The van der Waals surface area contributed by atoms with Crippen molar-refractivity contribution < 1.29 is 4.74 Å². The molecule has 0 amide bonds. The summed E-state index contributed by atoms with van der Waals surface area (Å²) in [6, 6.07) is 6.47. The van der Waals surface area contributed by atoms with E-state index >= 15 is 0 Å². The molecule has 3 rings (SSSR count). The number of aliphatic imine (C=N–C) groups is 1. The molecular weight excluding hydrogens is 232 g/mol. The summed E-state index contributed by atoms with van der Waals surface area (Å²) in [4.78, 5) is 5.86. The maximum atomic E-state index is 5.89. The van der Waals surface area contributed by atoms with E-state index in [0.717, 1.165) is 32.0 Å². The van der Waals surface area contributed by atoms with Gasteiger partial charge in [0.15, 0.2) is 0 Å². The molecule has 1 atom stereocenters. The number of nitrogens with one attached hydrogen (secondary N) is 1. The third-order valence-electron chi connectivity index (χ3n) is 3.26. The molecule has 0 radical (unpaired) electrons. The molecule has 0 fully saturated rings. The van der Waals surface area contributed by atoms with E-state index in [2.05, 4.69) is 34.8 Å². The molecule has 0 spiro atoms. The predicted molar refractivity (Wildman–Crippen MR) is 70.9 cm³/mol. The minimum atomic E-state index is 0.0216. The van der Waals surface area contributed by atoms with Gasteiger partial charge in [0.2, 0.25) is 0 Å². The van der Waals surface area contributed by atoms with E-state index in [9.17, 15) is 0 Å². The first-order valence-electron chi connectivity index (χ1n) is 5.96. The summed E-state index contributed by atoms with van der Waals surface area (Å²) in [5.41, 5.74) is 2.73. The molecule has 2 aliphatic heterocycles. The molecule has 3 nitrogen and oxygen atoms in total. The smallest absolute Gasteiger partial charge is 0.140 e. The van der Waals surface area contributed by atoms with Gasteiger partial charge >= 0.3 is 0 Å². The lowest BCUT2D eigenvalue weighted by atomic mass is 9.97. The largest absolute Gasteiger partial charge is 0.369 e. The van der Waals surface area contributed by atoms with E-state index in [-0.39, 0.29) is 6.10 Å². The van der Waals surface area contributed by atoms with Crippen LogP contribution in [0.4, 0.5) is 0 Å². The summed E-state index contributed by atoms with van der Waals surface area (Å²) >= 11 is 1.81. The molecule has 1 unspecified atom stereocenters. The summed E-state index contributed by atoms with van der Waals surface area (Å²) < 4.78 is 5.89. The van der Waals surface area contributed by atoms with Gasteiger partial charge in [-0.25, -0.2) is 0 Å². The number of ether oxygens (including phenoxy) is 1. The Morgan fingerprint density at radius 1 is 1.47 bits per heavy atom. The van der Waals surface area contributed by atoms with Crippen LogP contribution in [0.2, 0.25) is 0 Å². The molecule has 17 heavy (non-hydrogen) atoms. The fraction of sp³-hybridized carbons (Fsp3) is 0.462. The number of hydrogen-bond donors (Lipinski definition) is 1. The predicted octanol–water partition coefficient (Wildman–Crippen LogP) is 2.02. The van der Waals surface area contributed by atoms with Gasteiger partial charge in [0.05, 0.1) is 13.2 Å². The van der Waals surface area contributed by atoms with Crippen LogP contribution in [0.1, 0.15) is 17.2 Å². The first kappa shape index (κ1) is 11.1. The van der Waals surface area contributed by atoms with E-state index in [4.69, 9.17) is 4.74 Å². The van der Waals surface area contributed by atoms with Crippen molar-refractivity contribution in [1.82, 2.24) is 5.32 Å². The third-order valence-corrected chi connectivity index (χ3v) is 4.08. The average molecular weight is 248 g/mol. The number of hydrogen-bond acceptors (Lipinski definition) is 4. The quantitative estimate of drug-likeness (QED) is 0.813. The number of thioether (sulfide) groups is 1. The molecule has 2 heterocycles.